The summed E-state index contributed by atoms with van der Waals surface area (Å²) in [6.45, 7) is 8.80. The van der Waals surface area contributed by atoms with Crippen LogP contribution in [0.4, 0.5) is 0 Å². The van der Waals surface area contributed by atoms with Crippen molar-refractivity contribution in [3.05, 3.63) is 57.3 Å². The number of rotatable bonds is 5. The lowest BCUT2D eigenvalue weighted by Crippen LogP contribution is -2.48. The fraction of sp³-hybridized carbons (Fsp3) is 0.455. The van der Waals surface area contributed by atoms with Gasteiger partial charge < -0.3 is 20.3 Å². The second kappa shape index (κ2) is 11.7. The molecule has 30 heavy (non-hydrogen) atoms. The van der Waals surface area contributed by atoms with Gasteiger partial charge in [0.1, 0.15) is 0 Å². The summed E-state index contributed by atoms with van der Waals surface area (Å²) in [6, 6.07) is 9.90. The predicted molar refractivity (Wildman–Crippen MR) is 134 cm³/mol. The predicted octanol–water partition coefficient (Wildman–Crippen LogP) is 3.79. The molecule has 1 fully saturated rings. The number of carbonyl (C=O) groups excluding carboxylic acids is 1. The van der Waals surface area contributed by atoms with Crippen molar-refractivity contribution in [3.8, 4) is 0 Å². The molecule has 8 heteroatoms. The molecule has 0 bridgehead atoms. The lowest BCUT2D eigenvalue weighted by molar-refractivity contribution is -0.0586. The van der Waals surface area contributed by atoms with Crippen LogP contribution in [0.2, 0.25) is 0 Å². The van der Waals surface area contributed by atoms with Gasteiger partial charge in [-0.2, -0.15) is 0 Å². The lowest BCUT2D eigenvalue weighted by atomic mass is 10.1. The Hall–Kier alpha value is -1.65. The number of thiophene rings is 1. The fourth-order valence-corrected chi connectivity index (χ4v) is 4.29. The SMILES string of the molecule is CN=C(NCc1ccc(C(=O)N2CC(C)OC(C)C2)cc1)NCc1sccc1C.I. The third kappa shape index (κ3) is 6.68. The van der Waals surface area contributed by atoms with E-state index >= 15 is 0 Å². The van der Waals surface area contributed by atoms with Crippen LogP contribution in [0.1, 0.15) is 40.2 Å². The van der Waals surface area contributed by atoms with E-state index in [0.717, 1.165) is 18.1 Å². The van der Waals surface area contributed by atoms with E-state index in [-0.39, 0.29) is 42.1 Å². The van der Waals surface area contributed by atoms with Gasteiger partial charge >= 0.3 is 0 Å². The summed E-state index contributed by atoms with van der Waals surface area (Å²) in [5.41, 5.74) is 3.11. The van der Waals surface area contributed by atoms with Gasteiger partial charge in [-0.25, -0.2) is 0 Å². The van der Waals surface area contributed by atoms with Crippen molar-refractivity contribution in [2.24, 2.45) is 4.99 Å². The zero-order chi connectivity index (χ0) is 20.8. The first kappa shape index (κ1) is 24.6. The van der Waals surface area contributed by atoms with E-state index in [1.54, 1.807) is 18.4 Å². The number of ether oxygens (including phenoxy) is 1. The summed E-state index contributed by atoms with van der Waals surface area (Å²) in [5.74, 6) is 0.824. The number of carbonyl (C=O) groups is 1. The second-order valence-electron chi connectivity index (χ2n) is 7.47. The smallest absolute Gasteiger partial charge is 0.254 e. The van der Waals surface area contributed by atoms with Gasteiger partial charge in [0, 0.05) is 37.1 Å². The lowest BCUT2D eigenvalue weighted by Gasteiger charge is -2.35. The van der Waals surface area contributed by atoms with E-state index in [2.05, 4.69) is 34.0 Å². The molecule has 2 unspecified atom stereocenters. The van der Waals surface area contributed by atoms with E-state index in [0.29, 0.717) is 25.2 Å². The number of hydrogen-bond donors (Lipinski definition) is 2. The molecule has 2 N–H and O–H groups in total. The molecule has 164 valence electrons. The molecule has 6 nitrogen and oxygen atoms in total. The van der Waals surface area contributed by atoms with Gasteiger partial charge in [0.05, 0.1) is 18.8 Å². The van der Waals surface area contributed by atoms with Crippen LogP contribution in [-0.2, 0) is 17.8 Å². The number of benzene rings is 1. The Morgan fingerprint density at radius 3 is 2.33 bits per heavy atom. The van der Waals surface area contributed by atoms with Crippen molar-refractivity contribution >= 4 is 47.2 Å². The molecule has 1 aromatic heterocycles. The number of halogens is 1. The summed E-state index contributed by atoms with van der Waals surface area (Å²) in [5, 5.41) is 8.76. The summed E-state index contributed by atoms with van der Waals surface area (Å²) >= 11 is 1.74. The summed E-state index contributed by atoms with van der Waals surface area (Å²) in [4.78, 5) is 20.2. The Morgan fingerprint density at radius 2 is 1.77 bits per heavy atom. The zero-order valence-corrected chi connectivity index (χ0v) is 21.1. The van der Waals surface area contributed by atoms with Crippen LogP contribution in [-0.4, -0.2) is 49.1 Å². The molecule has 1 aromatic carbocycles. The number of aliphatic imine (C=N–C) groups is 1. The summed E-state index contributed by atoms with van der Waals surface area (Å²) < 4.78 is 5.72. The molecule has 1 aliphatic heterocycles. The van der Waals surface area contributed by atoms with Gasteiger partial charge in [0.25, 0.3) is 5.91 Å². The van der Waals surface area contributed by atoms with Gasteiger partial charge in [-0.15, -0.1) is 35.3 Å². The standard InChI is InChI=1S/C22H30N4O2S.HI/c1-15-9-10-29-20(15)12-25-22(23-4)24-11-18-5-7-19(8-6-18)21(27)26-13-16(2)28-17(3)14-26;/h5-10,16-17H,11-14H2,1-4H3,(H2,23,24,25);1H. The molecule has 2 heterocycles. The maximum absolute atomic E-state index is 12.8. The minimum atomic E-state index is 0. The zero-order valence-electron chi connectivity index (χ0n) is 18.0. The Morgan fingerprint density at radius 1 is 1.13 bits per heavy atom. The third-order valence-electron chi connectivity index (χ3n) is 4.98. The van der Waals surface area contributed by atoms with Crippen molar-refractivity contribution in [1.29, 1.82) is 0 Å². The van der Waals surface area contributed by atoms with Gasteiger partial charge in [0.15, 0.2) is 5.96 Å². The quantitative estimate of drug-likeness (QED) is 0.343. The Bertz CT molecular complexity index is 843. The highest BCUT2D eigenvalue weighted by Crippen LogP contribution is 2.16. The van der Waals surface area contributed by atoms with Crippen LogP contribution in [0.25, 0.3) is 0 Å². The maximum Gasteiger partial charge on any atom is 0.254 e. The molecular weight excluding hydrogens is 511 g/mol. The maximum atomic E-state index is 12.8. The number of hydrogen-bond acceptors (Lipinski definition) is 4. The molecule has 0 saturated carbocycles. The van der Waals surface area contributed by atoms with Gasteiger partial charge in [0.2, 0.25) is 0 Å². The molecule has 1 saturated heterocycles. The highest BCUT2D eigenvalue weighted by molar-refractivity contribution is 14.0. The monoisotopic (exact) mass is 542 g/mol. The van der Waals surface area contributed by atoms with E-state index in [9.17, 15) is 4.79 Å². The molecule has 0 radical (unpaired) electrons. The molecular formula is C22H31IN4O2S. The van der Waals surface area contributed by atoms with Crippen LogP contribution in [0.3, 0.4) is 0 Å². The largest absolute Gasteiger partial charge is 0.372 e. The minimum absolute atomic E-state index is 0. The van der Waals surface area contributed by atoms with Gasteiger partial charge in [-0.3, -0.25) is 9.79 Å². The minimum Gasteiger partial charge on any atom is -0.372 e. The van der Waals surface area contributed by atoms with Crippen LogP contribution in [0, 0.1) is 6.92 Å². The average Bonchev–Trinajstić information content (AvgIpc) is 3.12. The van der Waals surface area contributed by atoms with Crippen molar-refractivity contribution in [3.63, 3.8) is 0 Å². The normalized spacial score (nSPS) is 19.2. The van der Waals surface area contributed by atoms with Crippen LogP contribution in [0.15, 0.2) is 40.7 Å². The first-order valence-corrected chi connectivity index (χ1v) is 10.9. The average molecular weight is 542 g/mol. The van der Waals surface area contributed by atoms with E-state index < -0.39 is 0 Å². The molecule has 0 spiro atoms. The summed E-state index contributed by atoms with van der Waals surface area (Å²) in [7, 11) is 1.77. The fourth-order valence-electron chi connectivity index (χ4n) is 3.45. The van der Waals surface area contributed by atoms with Crippen molar-refractivity contribution < 1.29 is 9.53 Å². The van der Waals surface area contributed by atoms with Crippen molar-refractivity contribution in [2.45, 2.75) is 46.1 Å². The Balaban J connectivity index is 0.00000320. The molecule has 1 aliphatic rings. The van der Waals surface area contributed by atoms with E-state index in [1.807, 2.05) is 43.0 Å². The molecule has 3 rings (SSSR count). The topological polar surface area (TPSA) is 66.0 Å². The van der Waals surface area contributed by atoms with E-state index in [1.165, 1.54) is 10.4 Å². The number of morpholine rings is 1. The highest BCUT2D eigenvalue weighted by atomic mass is 127. The Kier molecular flexibility index (Phi) is 9.57. The third-order valence-corrected chi connectivity index (χ3v) is 6.00. The Labute approximate surface area is 200 Å². The molecule has 1 amide bonds. The number of guanidine groups is 1. The van der Waals surface area contributed by atoms with Crippen molar-refractivity contribution in [2.75, 3.05) is 20.1 Å². The number of nitrogens with one attached hydrogen (secondary N) is 2. The highest BCUT2D eigenvalue weighted by Gasteiger charge is 2.26. The number of aryl methyl sites for hydroxylation is 1. The van der Waals surface area contributed by atoms with Crippen LogP contribution in [0.5, 0.6) is 0 Å². The number of amides is 1. The van der Waals surface area contributed by atoms with Crippen LogP contribution < -0.4 is 10.6 Å². The van der Waals surface area contributed by atoms with Gasteiger partial charge in [-0.1, -0.05) is 12.1 Å². The van der Waals surface area contributed by atoms with Gasteiger partial charge in [-0.05, 0) is 55.5 Å². The first-order chi connectivity index (χ1) is 14.0. The van der Waals surface area contributed by atoms with Crippen LogP contribution >= 0.6 is 35.3 Å². The summed E-state index contributed by atoms with van der Waals surface area (Å²) in [6.07, 6.45) is 0.145. The number of nitrogens with zero attached hydrogens (tertiary/aromatic N) is 2. The molecule has 0 aliphatic carbocycles. The van der Waals surface area contributed by atoms with E-state index in [4.69, 9.17) is 4.74 Å². The first-order valence-electron chi connectivity index (χ1n) is 9.97. The second-order valence-corrected chi connectivity index (χ2v) is 8.47. The molecule has 2 aromatic rings. The van der Waals surface area contributed by atoms with Crippen molar-refractivity contribution in [1.82, 2.24) is 15.5 Å². The molecule has 2 atom stereocenters.